The summed E-state index contributed by atoms with van der Waals surface area (Å²) in [5, 5.41) is 10.2. The van der Waals surface area contributed by atoms with Gasteiger partial charge in [0.1, 0.15) is 5.76 Å². The zero-order valence-corrected chi connectivity index (χ0v) is 11.3. The van der Waals surface area contributed by atoms with Gasteiger partial charge in [-0.25, -0.2) is 4.79 Å². The lowest BCUT2D eigenvalue weighted by Crippen LogP contribution is -2.14. The second-order valence-electron chi connectivity index (χ2n) is 4.45. The van der Waals surface area contributed by atoms with Crippen molar-refractivity contribution in [3.8, 4) is 0 Å². The monoisotopic (exact) mass is 272 g/mol. The van der Waals surface area contributed by atoms with Crippen molar-refractivity contribution in [1.29, 1.82) is 0 Å². The van der Waals surface area contributed by atoms with Crippen molar-refractivity contribution in [3.05, 3.63) is 53.1 Å². The van der Waals surface area contributed by atoms with Crippen LogP contribution in [-0.4, -0.2) is 23.5 Å². The number of ether oxygens (including phenoxy) is 1. The highest BCUT2D eigenvalue weighted by Crippen LogP contribution is 2.29. The van der Waals surface area contributed by atoms with E-state index in [-0.39, 0.29) is 12.4 Å². The average molecular weight is 272 g/mol. The number of rotatable bonds is 4. The number of aryl methyl sites for hydroxylation is 1. The van der Waals surface area contributed by atoms with E-state index in [2.05, 4.69) is 4.74 Å². The van der Waals surface area contributed by atoms with E-state index in [1.54, 1.807) is 6.92 Å². The van der Waals surface area contributed by atoms with Gasteiger partial charge in [-0.2, -0.15) is 0 Å². The van der Waals surface area contributed by atoms with Crippen LogP contribution in [0.4, 0.5) is 0 Å². The number of hydrogen-bond acceptors (Lipinski definition) is 4. The van der Waals surface area contributed by atoms with Crippen LogP contribution in [0.25, 0.3) is 5.76 Å². The van der Waals surface area contributed by atoms with Gasteiger partial charge in [0.15, 0.2) is 0 Å². The van der Waals surface area contributed by atoms with E-state index in [0.29, 0.717) is 12.0 Å². The van der Waals surface area contributed by atoms with Gasteiger partial charge in [-0.05, 0) is 37.0 Å². The minimum absolute atomic E-state index is 0.166. The Hall–Kier alpha value is -2.36. The quantitative estimate of drug-likeness (QED) is 0.520. The second kappa shape index (κ2) is 6.19. The Morgan fingerprint density at radius 1 is 1.30 bits per heavy atom. The number of allylic oxidation sites excluding steroid dienone is 2. The standard InChI is InChI=1S/C16H16O4/c1-2-20-16(19)14(17)10-9-12-8-7-11-5-3-4-6-13(11)15(12)18/h3-6,9-10,18H,2,7-8H2,1H3. The zero-order chi connectivity index (χ0) is 14.5. The molecule has 1 aromatic carbocycles. The van der Waals surface area contributed by atoms with Gasteiger partial charge in [0.25, 0.3) is 5.78 Å². The maximum absolute atomic E-state index is 11.5. The first-order valence-corrected chi connectivity index (χ1v) is 6.53. The largest absolute Gasteiger partial charge is 0.507 e. The summed E-state index contributed by atoms with van der Waals surface area (Å²) in [5.74, 6) is -1.43. The van der Waals surface area contributed by atoms with Crippen molar-refractivity contribution in [2.75, 3.05) is 6.61 Å². The topological polar surface area (TPSA) is 63.6 Å². The number of fused-ring (bicyclic) bond motifs is 1. The molecule has 0 amide bonds. The molecule has 1 N–H and O–H groups in total. The maximum Gasteiger partial charge on any atom is 0.379 e. The number of ketones is 1. The summed E-state index contributed by atoms with van der Waals surface area (Å²) in [6.07, 6.45) is 4.07. The van der Waals surface area contributed by atoms with Gasteiger partial charge in [0, 0.05) is 5.56 Å². The van der Waals surface area contributed by atoms with Crippen LogP contribution in [0.3, 0.4) is 0 Å². The molecule has 0 radical (unpaired) electrons. The lowest BCUT2D eigenvalue weighted by atomic mass is 9.90. The maximum atomic E-state index is 11.5. The van der Waals surface area contributed by atoms with Crippen molar-refractivity contribution in [2.24, 2.45) is 0 Å². The molecular formula is C16H16O4. The number of carbonyl (C=O) groups is 2. The first kappa shape index (κ1) is 14.1. The minimum atomic E-state index is -0.875. The molecule has 1 aliphatic carbocycles. The summed E-state index contributed by atoms with van der Waals surface area (Å²) in [7, 11) is 0. The van der Waals surface area contributed by atoms with Crippen LogP contribution in [0, 0.1) is 0 Å². The Balaban J connectivity index is 2.18. The molecular weight excluding hydrogens is 256 g/mol. The SMILES string of the molecule is CCOC(=O)C(=O)C=CC1=C(O)c2ccccc2CC1. The summed E-state index contributed by atoms with van der Waals surface area (Å²) < 4.78 is 4.61. The van der Waals surface area contributed by atoms with Gasteiger partial charge in [0.05, 0.1) is 6.61 Å². The Morgan fingerprint density at radius 3 is 2.80 bits per heavy atom. The van der Waals surface area contributed by atoms with Crippen LogP contribution >= 0.6 is 0 Å². The molecule has 0 heterocycles. The highest BCUT2D eigenvalue weighted by molar-refractivity contribution is 6.38. The molecule has 104 valence electrons. The van der Waals surface area contributed by atoms with E-state index in [9.17, 15) is 14.7 Å². The second-order valence-corrected chi connectivity index (χ2v) is 4.45. The Kier molecular flexibility index (Phi) is 4.35. The molecule has 20 heavy (non-hydrogen) atoms. The molecule has 0 saturated carbocycles. The van der Waals surface area contributed by atoms with Gasteiger partial charge in [-0.15, -0.1) is 0 Å². The van der Waals surface area contributed by atoms with E-state index < -0.39 is 11.8 Å². The van der Waals surface area contributed by atoms with Crippen molar-refractivity contribution < 1.29 is 19.4 Å². The average Bonchev–Trinajstić information content (AvgIpc) is 2.47. The number of hydrogen-bond donors (Lipinski definition) is 1. The third-order valence-corrected chi connectivity index (χ3v) is 3.15. The Bertz CT molecular complexity index is 596. The van der Waals surface area contributed by atoms with Crippen molar-refractivity contribution in [2.45, 2.75) is 19.8 Å². The van der Waals surface area contributed by atoms with E-state index in [0.717, 1.165) is 23.6 Å². The Labute approximate surface area is 117 Å². The molecule has 0 spiro atoms. The Morgan fingerprint density at radius 2 is 2.05 bits per heavy atom. The summed E-state index contributed by atoms with van der Waals surface area (Å²) in [5.41, 5.74) is 2.52. The number of esters is 1. The third-order valence-electron chi connectivity index (χ3n) is 3.15. The van der Waals surface area contributed by atoms with Crippen molar-refractivity contribution >= 4 is 17.5 Å². The number of carbonyl (C=O) groups excluding carboxylic acids is 2. The molecule has 0 atom stereocenters. The summed E-state index contributed by atoms with van der Waals surface area (Å²) in [4.78, 5) is 22.7. The summed E-state index contributed by atoms with van der Waals surface area (Å²) in [6.45, 7) is 1.81. The van der Waals surface area contributed by atoms with Crippen LogP contribution in [-0.2, 0) is 20.7 Å². The zero-order valence-electron chi connectivity index (χ0n) is 11.3. The van der Waals surface area contributed by atoms with Gasteiger partial charge in [-0.1, -0.05) is 30.3 Å². The van der Waals surface area contributed by atoms with Crippen molar-refractivity contribution in [3.63, 3.8) is 0 Å². The van der Waals surface area contributed by atoms with Gasteiger partial charge in [0.2, 0.25) is 0 Å². The first-order chi connectivity index (χ1) is 9.63. The molecule has 2 rings (SSSR count). The fraction of sp³-hybridized carbons (Fsp3) is 0.250. The van der Waals surface area contributed by atoms with Crippen LogP contribution in [0.2, 0.25) is 0 Å². The molecule has 0 aromatic heterocycles. The summed E-state index contributed by atoms with van der Waals surface area (Å²) >= 11 is 0. The van der Waals surface area contributed by atoms with E-state index in [1.807, 2.05) is 24.3 Å². The molecule has 0 unspecified atom stereocenters. The predicted octanol–water partition coefficient (Wildman–Crippen LogP) is 2.59. The van der Waals surface area contributed by atoms with E-state index >= 15 is 0 Å². The van der Waals surface area contributed by atoms with Crippen LogP contribution < -0.4 is 0 Å². The molecule has 4 nitrogen and oxygen atoms in total. The fourth-order valence-corrected chi connectivity index (χ4v) is 2.14. The van der Waals surface area contributed by atoms with Crippen LogP contribution in [0.15, 0.2) is 42.0 Å². The number of aliphatic hydroxyl groups is 1. The van der Waals surface area contributed by atoms with Gasteiger partial charge < -0.3 is 9.84 Å². The fourth-order valence-electron chi connectivity index (χ4n) is 2.14. The van der Waals surface area contributed by atoms with Crippen LogP contribution in [0.5, 0.6) is 0 Å². The van der Waals surface area contributed by atoms with E-state index in [1.165, 1.54) is 6.08 Å². The molecule has 0 saturated heterocycles. The van der Waals surface area contributed by atoms with Crippen molar-refractivity contribution in [1.82, 2.24) is 0 Å². The molecule has 1 aliphatic rings. The molecule has 0 aliphatic heterocycles. The molecule has 0 bridgehead atoms. The van der Waals surface area contributed by atoms with Gasteiger partial charge >= 0.3 is 5.97 Å². The normalized spacial score (nSPS) is 14.2. The minimum Gasteiger partial charge on any atom is -0.507 e. The lowest BCUT2D eigenvalue weighted by Gasteiger charge is -2.17. The molecule has 0 fully saturated rings. The van der Waals surface area contributed by atoms with E-state index in [4.69, 9.17) is 0 Å². The van der Waals surface area contributed by atoms with Crippen LogP contribution in [0.1, 0.15) is 24.5 Å². The number of benzene rings is 1. The van der Waals surface area contributed by atoms with Gasteiger partial charge in [-0.3, -0.25) is 4.79 Å². The predicted molar refractivity (Wildman–Crippen MR) is 75.1 cm³/mol. The smallest absolute Gasteiger partial charge is 0.379 e. The summed E-state index contributed by atoms with van der Waals surface area (Å²) in [6, 6.07) is 7.59. The lowest BCUT2D eigenvalue weighted by molar-refractivity contribution is -0.151. The highest BCUT2D eigenvalue weighted by atomic mass is 16.5. The third kappa shape index (κ3) is 2.96. The number of aliphatic hydroxyl groups excluding tert-OH is 1. The first-order valence-electron chi connectivity index (χ1n) is 6.53. The highest BCUT2D eigenvalue weighted by Gasteiger charge is 2.17. The molecule has 4 heteroatoms. The molecule has 1 aromatic rings.